The van der Waals surface area contributed by atoms with Gasteiger partial charge >= 0.3 is 0 Å². The van der Waals surface area contributed by atoms with Gasteiger partial charge in [0.15, 0.2) is 0 Å². The fourth-order valence-electron chi connectivity index (χ4n) is 1.97. The molecule has 96 valence electrons. The molecule has 1 heterocycles. The summed E-state index contributed by atoms with van der Waals surface area (Å²) in [5, 5.41) is 22.2. The van der Waals surface area contributed by atoms with E-state index in [4.69, 9.17) is 15.7 Å². The smallest absolute Gasteiger partial charge is 0.101 e. The van der Waals surface area contributed by atoms with Gasteiger partial charge in [0.2, 0.25) is 0 Å². The molecule has 1 aromatic rings. The van der Waals surface area contributed by atoms with Crippen molar-refractivity contribution in [1.82, 2.24) is 0 Å². The molecular formula is C13H17N3O2. The fraction of sp³-hybridized carbons (Fsp3) is 0.462. The monoisotopic (exact) mass is 247 g/mol. The van der Waals surface area contributed by atoms with Crippen LogP contribution in [0.3, 0.4) is 0 Å². The Morgan fingerprint density at radius 2 is 2.17 bits per heavy atom. The molecule has 18 heavy (non-hydrogen) atoms. The Morgan fingerprint density at radius 1 is 1.44 bits per heavy atom. The fourth-order valence-corrected chi connectivity index (χ4v) is 1.97. The molecule has 1 saturated heterocycles. The average Bonchev–Trinajstić information content (AvgIpc) is 2.38. The highest BCUT2D eigenvalue weighted by molar-refractivity contribution is 5.62. The third-order valence-corrected chi connectivity index (χ3v) is 3.22. The van der Waals surface area contributed by atoms with Crippen LogP contribution in [-0.2, 0) is 4.74 Å². The molecule has 0 bridgehead atoms. The number of aliphatic hydroxyl groups is 1. The van der Waals surface area contributed by atoms with Crippen molar-refractivity contribution in [2.45, 2.75) is 18.4 Å². The summed E-state index contributed by atoms with van der Waals surface area (Å²) in [6, 6.07) is 7.19. The van der Waals surface area contributed by atoms with Crippen LogP contribution in [0.15, 0.2) is 18.2 Å². The van der Waals surface area contributed by atoms with Crippen molar-refractivity contribution in [1.29, 1.82) is 5.26 Å². The van der Waals surface area contributed by atoms with Gasteiger partial charge in [-0.1, -0.05) is 0 Å². The first-order valence-electron chi connectivity index (χ1n) is 5.97. The first-order valence-corrected chi connectivity index (χ1v) is 5.97. The lowest BCUT2D eigenvalue weighted by Gasteiger charge is -2.32. The first-order chi connectivity index (χ1) is 8.63. The van der Waals surface area contributed by atoms with E-state index < -0.39 is 5.60 Å². The van der Waals surface area contributed by atoms with Crippen LogP contribution < -0.4 is 11.1 Å². The molecule has 0 aliphatic carbocycles. The molecule has 5 heteroatoms. The Labute approximate surface area is 106 Å². The van der Waals surface area contributed by atoms with Gasteiger partial charge in [0.05, 0.1) is 16.9 Å². The topological polar surface area (TPSA) is 91.3 Å². The molecule has 4 N–H and O–H groups in total. The molecule has 0 amide bonds. The summed E-state index contributed by atoms with van der Waals surface area (Å²) in [6.45, 7) is 1.64. The van der Waals surface area contributed by atoms with Gasteiger partial charge in [-0.15, -0.1) is 0 Å². The van der Waals surface area contributed by atoms with Crippen LogP contribution in [-0.4, -0.2) is 30.5 Å². The van der Waals surface area contributed by atoms with Gasteiger partial charge < -0.3 is 20.9 Å². The van der Waals surface area contributed by atoms with E-state index >= 15 is 0 Å². The van der Waals surface area contributed by atoms with E-state index in [1.54, 1.807) is 18.2 Å². The third kappa shape index (κ3) is 2.92. The van der Waals surface area contributed by atoms with Crippen LogP contribution in [0.1, 0.15) is 18.4 Å². The van der Waals surface area contributed by atoms with Gasteiger partial charge in [0.1, 0.15) is 6.07 Å². The Balaban J connectivity index is 1.98. The molecular weight excluding hydrogens is 230 g/mol. The SMILES string of the molecule is N#Cc1ccc(NCC2(O)CCOCC2)cc1N. The molecule has 1 aliphatic heterocycles. The molecule has 0 aromatic heterocycles. The van der Waals surface area contributed by atoms with Crippen LogP contribution >= 0.6 is 0 Å². The second kappa shape index (κ2) is 5.25. The lowest BCUT2D eigenvalue weighted by atomic mass is 9.94. The van der Waals surface area contributed by atoms with Crippen LogP contribution in [0.4, 0.5) is 11.4 Å². The lowest BCUT2D eigenvalue weighted by molar-refractivity contribution is -0.0543. The summed E-state index contributed by atoms with van der Waals surface area (Å²) in [5.74, 6) is 0. The molecule has 5 nitrogen and oxygen atoms in total. The Bertz CT molecular complexity index is 462. The van der Waals surface area contributed by atoms with Crippen molar-refractivity contribution in [2.24, 2.45) is 0 Å². The van der Waals surface area contributed by atoms with E-state index in [9.17, 15) is 5.11 Å². The van der Waals surface area contributed by atoms with Crippen molar-refractivity contribution < 1.29 is 9.84 Å². The first kappa shape index (κ1) is 12.7. The molecule has 2 rings (SSSR count). The zero-order valence-corrected chi connectivity index (χ0v) is 10.1. The lowest BCUT2D eigenvalue weighted by Crippen LogP contribution is -2.42. The van der Waals surface area contributed by atoms with Crippen molar-refractivity contribution >= 4 is 11.4 Å². The highest BCUT2D eigenvalue weighted by Crippen LogP contribution is 2.22. The van der Waals surface area contributed by atoms with E-state index in [0.717, 1.165) is 5.69 Å². The molecule has 1 aliphatic rings. The Kier molecular flexibility index (Phi) is 3.70. The van der Waals surface area contributed by atoms with Gasteiger partial charge in [-0.3, -0.25) is 0 Å². The summed E-state index contributed by atoms with van der Waals surface area (Å²) in [5.41, 5.74) is 6.73. The van der Waals surface area contributed by atoms with Gasteiger partial charge in [-0.2, -0.15) is 5.26 Å². The van der Waals surface area contributed by atoms with Gasteiger partial charge in [0.25, 0.3) is 0 Å². The maximum atomic E-state index is 10.3. The molecule has 1 fully saturated rings. The van der Waals surface area contributed by atoms with Crippen molar-refractivity contribution in [3.63, 3.8) is 0 Å². The van der Waals surface area contributed by atoms with E-state index in [0.29, 0.717) is 43.9 Å². The largest absolute Gasteiger partial charge is 0.398 e. The van der Waals surface area contributed by atoms with Gasteiger partial charge in [-0.25, -0.2) is 0 Å². The predicted molar refractivity (Wildman–Crippen MR) is 69.1 cm³/mol. The van der Waals surface area contributed by atoms with E-state index in [1.807, 2.05) is 6.07 Å². The third-order valence-electron chi connectivity index (χ3n) is 3.22. The molecule has 0 spiro atoms. The van der Waals surface area contributed by atoms with E-state index in [-0.39, 0.29) is 0 Å². The van der Waals surface area contributed by atoms with Crippen molar-refractivity contribution in [3.8, 4) is 6.07 Å². The normalized spacial score (nSPS) is 18.0. The number of anilines is 2. The number of nitrogens with one attached hydrogen (secondary N) is 1. The second-order valence-corrected chi connectivity index (χ2v) is 4.60. The Morgan fingerprint density at radius 3 is 2.78 bits per heavy atom. The molecule has 0 unspecified atom stereocenters. The summed E-state index contributed by atoms with van der Waals surface area (Å²) >= 11 is 0. The van der Waals surface area contributed by atoms with Crippen molar-refractivity contribution in [3.05, 3.63) is 23.8 Å². The molecule has 0 radical (unpaired) electrons. The van der Waals surface area contributed by atoms with Crippen LogP contribution in [0, 0.1) is 11.3 Å². The predicted octanol–water partition coefficient (Wildman–Crippen LogP) is 1.09. The minimum absolute atomic E-state index is 0.446. The number of nitrogens with two attached hydrogens (primary N) is 1. The molecule has 1 aromatic carbocycles. The summed E-state index contributed by atoms with van der Waals surface area (Å²) in [4.78, 5) is 0. The van der Waals surface area contributed by atoms with Crippen LogP contribution in [0.25, 0.3) is 0 Å². The van der Waals surface area contributed by atoms with Crippen LogP contribution in [0.5, 0.6) is 0 Å². The minimum Gasteiger partial charge on any atom is -0.398 e. The number of nitrogens with zero attached hydrogens (tertiary/aromatic N) is 1. The van der Waals surface area contributed by atoms with E-state index in [2.05, 4.69) is 5.32 Å². The highest BCUT2D eigenvalue weighted by atomic mass is 16.5. The molecule has 0 atom stereocenters. The Hall–Kier alpha value is -1.77. The second-order valence-electron chi connectivity index (χ2n) is 4.60. The van der Waals surface area contributed by atoms with E-state index in [1.165, 1.54) is 0 Å². The van der Waals surface area contributed by atoms with Gasteiger partial charge in [-0.05, 0) is 18.2 Å². The average molecular weight is 247 g/mol. The maximum absolute atomic E-state index is 10.3. The molecule has 0 saturated carbocycles. The number of nitrogen functional groups attached to an aromatic ring is 1. The number of rotatable bonds is 3. The van der Waals surface area contributed by atoms with Gasteiger partial charge in [0, 0.05) is 38.3 Å². The maximum Gasteiger partial charge on any atom is 0.101 e. The summed E-state index contributed by atoms with van der Waals surface area (Å²) in [7, 11) is 0. The zero-order chi connectivity index (χ0) is 13.0. The number of hydrogen-bond donors (Lipinski definition) is 3. The van der Waals surface area contributed by atoms with Crippen molar-refractivity contribution in [2.75, 3.05) is 30.8 Å². The summed E-state index contributed by atoms with van der Waals surface area (Å²) < 4.78 is 5.22. The minimum atomic E-state index is -0.721. The summed E-state index contributed by atoms with van der Waals surface area (Å²) in [6.07, 6.45) is 1.26. The number of benzene rings is 1. The number of ether oxygens (including phenoxy) is 1. The highest BCUT2D eigenvalue weighted by Gasteiger charge is 2.29. The number of hydrogen-bond acceptors (Lipinski definition) is 5. The standard InChI is InChI=1S/C13H17N3O2/c14-8-10-1-2-11(7-12(10)15)16-9-13(17)3-5-18-6-4-13/h1-2,7,16-17H,3-6,9,15H2. The quantitative estimate of drug-likeness (QED) is 0.695. The number of nitriles is 1. The zero-order valence-electron chi connectivity index (χ0n) is 10.1. The van der Waals surface area contributed by atoms with Crippen LogP contribution in [0.2, 0.25) is 0 Å².